The molecular formula is C17H28N4O2. The Morgan fingerprint density at radius 3 is 2.48 bits per heavy atom. The van der Waals surface area contributed by atoms with Crippen molar-refractivity contribution in [3.05, 3.63) is 12.4 Å². The van der Waals surface area contributed by atoms with E-state index in [1.54, 1.807) is 6.20 Å². The Morgan fingerprint density at radius 2 is 1.91 bits per heavy atom. The maximum absolute atomic E-state index is 12.6. The summed E-state index contributed by atoms with van der Waals surface area (Å²) in [7, 11) is 0. The van der Waals surface area contributed by atoms with Gasteiger partial charge in [0, 0.05) is 6.20 Å². The van der Waals surface area contributed by atoms with Gasteiger partial charge in [-0.3, -0.25) is 4.68 Å². The molecule has 2 aliphatic rings. The third-order valence-electron chi connectivity index (χ3n) is 4.56. The van der Waals surface area contributed by atoms with Crippen molar-refractivity contribution in [2.45, 2.75) is 64.7 Å². The van der Waals surface area contributed by atoms with Crippen LogP contribution in [0.1, 0.15) is 53.5 Å². The number of urea groups is 1. The Bertz CT molecular complexity index is 573. The SMILES string of the molecule is C[C@H](C1CC1)n1cc(NC(=O)N2CC(C)(C)OC(C)(C)C2)cn1. The largest absolute Gasteiger partial charge is 0.366 e. The van der Waals surface area contributed by atoms with Crippen molar-refractivity contribution < 1.29 is 9.53 Å². The molecule has 6 nitrogen and oxygen atoms in total. The fourth-order valence-electron chi connectivity index (χ4n) is 3.55. The minimum Gasteiger partial charge on any atom is -0.366 e. The lowest BCUT2D eigenvalue weighted by Crippen LogP contribution is -2.59. The van der Waals surface area contributed by atoms with Crippen molar-refractivity contribution in [3.63, 3.8) is 0 Å². The molecule has 6 heteroatoms. The number of anilines is 1. The predicted octanol–water partition coefficient (Wildman–Crippen LogP) is 3.28. The number of ether oxygens (including phenoxy) is 1. The first kappa shape index (κ1) is 16.3. The van der Waals surface area contributed by atoms with E-state index < -0.39 is 0 Å². The maximum Gasteiger partial charge on any atom is 0.322 e. The molecule has 128 valence electrons. The quantitative estimate of drug-likeness (QED) is 0.930. The monoisotopic (exact) mass is 320 g/mol. The summed E-state index contributed by atoms with van der Waals surface area (Å²) in [6, 6.07) is 0.315. The average Bonchev–Trinajstić information content (AvgIpc) is 3.15. The van der Waals surface area contributed by atoms with E-state index in [0.717, 1.165) is 11.6 Å². The topological polar surface area (TPSA) is 59.4 Å². The summed E-state index contributed by atoms with van der Waals surface area (Å²) < 4.78 is 7.98. The van der Waals surface area contributed by atoms with Gasteiger partial charge in [-0.05, 0) is 53.4 Å². The van der Waals surface area contributed by atoms with Crippen LogP contribution in [0.15, 0.2) is 12.4 Å². The second-order valence-electron chi connectivity index (χ2n) is 8.19. The number of hydrogen-bond donors (Lipinski definition) is 1. The highest BCUT2D eigenvalue weighted by atomic mass is 16.5. The fraction of sp³-hybridized carbons (Fsp3) is 0.765. The second kappa shape index (κ2) is 5.51. The summed E-state index contributed by atoms with van der Waals surface area (Å²) in [4.78, 5) is 14.4. The molecule has 0 unspecified atom stereocenters. The van der Waals surface area contributed by atoms with Crippen molar-refractivity contribution in [2.75, 3.05) is 18.4 Å². The van der Waals surface area contributed by atoms with Crippen LogP contribution < -0.4 is 5.32 Å². The number of hydrogen-bond acceptors (Lipinski definition) is 3. The van der Waals surface area contributed by atoms with Gasteiger partial charge in [0.05, 0.1) is 42.2 Å². The lowest BCUT2D eigenvalue weighted by molar-refractivity contribution is -0.169. The molecule has 1 saturated carbocycles. The molecule has 1 aliphatic heterocycles. The zero-order chi connectivity index (χ0) is 16.8. The van der Waals surface area contributed by atoms with Crippen molar-refractivity contribution in [2.24, 2.45) is 5.92 Å². The zero-order valence-corrected chi connectivity index (χ0v) is 14.8. The van der Waals surface area contributed by atoms with E-state index in [1.807, 2.05) is 43.5 Å². The maximum atomic E-state index is 12.6. The van der Waals surface area contributed by atoms with Crippen LogP contribution in [0.2, 0.25) is 0 Å². The minimum atomic E-state index is -0.343. The lowest BCUT2D eigenvalue weighted by Gasteiger charge is -2.46. The smallest absolute Gasteiger partial charge is 0.322 e. The predicted molar refractivity (Wildman–Crippen MR) is 89.5 cm³/mol. The van der Waals surface area contributed by atoms with Crippen LogP contribution in [-0.2, 0) is 4.74 Å². The van der Waals surface area contributed by atoms with Gasteiger partial charge in [0.25, 0.3) is 0 Å². The second-order valence-corrected chi connectivity index (χ2v) is 8.19. The van der Waals surface area contributed by atoms with Crippen LogP contribution in [0.4, 0.5) is 10.5 Å². The van der Waals surface area contributed by atoms with Crippen molar-refractivity contribution in [1.29, 1.82) is 0 Å². The summed E-state index contributed by atoms with van der Waals surface area (Å²) >= 11 is 0. The molecule has 0 bridgehead atoms. The molecule has 0 radical (unpaired) electrons. The van der Waals surface area contributed by atoms with Crippen LogP contribution >= 0.6 is 0 Å². The van der Waals surface area contributed by atoms with Crippen molar-refractivity contribution in [3.8, 4) is 0 Å². The van der Waals surface area contributed by atoms with Gasteiger partial charge in [0.2, 0.25) is 0 Å². The first-order valence-electron chi connectivity index (χ1n) is 8.45. The average molecular weight is 320 g/mol. The summed E-state index contributed by atoms with van der Waals surface area (Å²) in [5.74, 6) is 0.735. The zero-order valence-electron chi connectivity index (χ0n) is 14.8. The van der Waals surface area contributed by atoms with E-state index >= 15 is 0 Å². The van der Waals surface area contributed by atoms with Crippen LogP contribution in [0.3, 0.4) is 0 Å². The van der Waals surface area contributed by atoms with E-state index in [4.69, 9.17) is 4.74 Å². The third-order valence-corrected chi connectivity index (χ3v) is 4.56. The number of carbonyl (C=O) groups excluding carboxylic acids is 1. The molecular weight excluding hydrogens is 292 g/mol. The molecule has 1 aliphatic carbocycles. The molecule has 2 heterocycles. The number of aromatic nitrogens is 2. The highest BCUT2D eigenvalue weighted by Gasteiger charge is 2.40. The summed E-state index contributed by atoms with van der Waals surface area (Å²) in [5, 5.41) is 7.36. The Kier molecular flexibility index (Phi) is 3.91. The first-order valence-corrected chi connectivity index (χ1v) is 8.45. The summed E-state index contributed by atoms with van der Waals surface area (Å²) in [6.45, 7) is 11.4. The van der Waals surface area contributed by atoms with E-state index in [0.29, 0.717) is 19.1 Å². The van der Waals surface area contributed by atoms with Gasteiger partial charge >= 0.3 is 6.03 Å². The minimum absolute atomic E-state index is 0.0897. The number of nitrogens with one attached hydrogen (secondary N) is 1. The van der Waals surface area contributed by atoms with E-state index in [-0.39, 0.29) is 17.2 Å². The van der Waals surface area contributed by atoms with Crippen molar-refractivity contribution >= 4 is 11.7 Å². The van der Waals surface area contributed by atoms with Gasteiger partial charge in [0.15, 0.2) is 0 Å². The molecule has 1 aromatic rings. The molecule has 1 aromatic heterocycles. The number of morpholine rings is 1. The Hall–Kier alpha value is -1.56. The van der Waals surface area contributed by atoms with Gasteiger partial charge in [0.1, 0.15) is 0 Å². The number of rotatable bonds is 3. The van der Waals surface area contributed by atoms with E-state index in [9.17, 15) is 4.79 Å². The standard InChI is InChI=1S/C17H28N4O2/c1-12(13-6-7-13)21-9-14(8-18-21)19-15(22)20-10-16(2,3)23-17(4,5)11-20/h8-9,12-13H,6-7,10-11H2,1-5H3,(H,19,22)/t12-/m1/s1. The highest BCUT2D eigenvalue weighted by Crippen LogP contribution is 2.39. The molecule has 1 N–H and O–H groups in total. The summed E-state index contributed by atoms with van der Waals surface area (Å²) in [5.41, 5.74) is 0.0673. The van der Waals surface area contributed by atoms with Gasteiger partial charge < -0.3 is 15.0 Å². The third kappa shape index (κ3) is 3.86. The van der Waals surface area contributed by atoms with E-state index in [2.05, 4.69) is 17.3 Å². The van der Waals surface area contributed by atoms with Crippen LogP contribution in [-0.4, -0.2) is 45.0 Å². The molecule has 2 fully saturated rings. The number of nitrogens with zero attached hydrogens (tertiary/aromatic N) is 3. The van der Waals surface area contributed by atoms with Crippen LogP contribution in [0.5, 0.6) is 0 Å². The van der Waals surface area contributed by atoms with Crippen molar-refractivity contribution in [1.82, 2.24) is 14.7 Å². The van der Waals surface area contributed by atoms with Gasteiger partial charge in [-0.2, -0.15) is 5.10 Å². The molecule has 0 aromatic carbocycles. The van der Waals surface area contributed by atoms with Gasteiger partial charge in [-0.25, -0.2) is 4.79 Å². The first-order chi connectivity index (χ1) is 10.7. The number of amides is 2. The Morgan fingerprint density at radius 1 is 1.30 bits per heavy atom. The van der Waals surface area contributed by atoms with Crippen LogP contribution in [0.25, 0.3) is 0 Å². The van der Waals surface area contributed by atoms with Gasteiger partial charge in [-0.1, -0.05) is 0 Å². The van der Waals surface area contributed by atoms with Crippen LogP contribution in [0, 0.1) is 5.92 Å². The van der Waals surface area contributed by atoms with Gasteiger partial charge in [-0.15, -0.1) is 0 Å². The Balaban J connectivity index is 1.64. The molecule has 23 heavy (non-hydrogen) atoms. The Labute approximate surface area is 138 Å². The molecule has 1 atom stereocenters. The lowest BCUT2D eigenvalue weighted by atomic mass is 9.99. The fourth-order valence-corrected chi connectivity index (χ4v) is 3.55. The van der Waals surface area contributed by atoms with E-state index in [1.165, 1.54) is 12.8 Å². The molecule has 1 saturated heterocycles. The highest BCUT2D eigenvalue weighted by molar-refractivity contribution is 5.89. The molecule has 3 rings (SSSR count). The molecule has 2 amide bonds. The summed E-state index contributed by atoms with van der Waals surface area (Å²) in [6.07, 6.45) is 6.21. The number of carbonyl (C=O) groups is 1. The normalized spacial score (nSPS) is 24.3. The molecule has 0 spiro atoms.